The first-order chi connectivity index (χ1) is 10.5. The Balaban J connectivity index is 2.15. The van der Waals surface area contributed by atoms with Gasteiger partial charge in [-0.05, 0) is 45.1 Å². The van der Waals surface area contributed by atoms with E-state index in [-0.39, 0.29) is 12.5 Å². The van der Waals surface area contributed by atoms with Crippen LogP contribution in [0.3, 0.4) is 0 Å². The maximum atomic E-state index is 12.3. The number of hydrogen-bond acceptors (Lipinski definition) is 2. The molecule has 1 aromatic rings. The predicted molar refractivity (Wildman–Crippen MR) is 90.5 cm³/mol. The second kappa shape index (κ2) is 6.94. The molecule has 3 heteroatoms. The number of rotatable bonds is 3. The van der Waals surface area contributed by atoms with E-state index in [1.165, 1.54) is 0 Å². The monoisotopic (exact) mass is 295 g/mol. The van der Waals surface area contributed by atoms with Gasteiger partial charge >= 0.3 is 0 Å². The van der Waals surface area contributed by atoms with Crippen molar-refractivity contribution in [1.29, 1.82) is 0 Å². The summed E-state index contributed by atoms with van der Waals surface area (Å²) in [6, 6.07) is 7.71. The van der Waals surface area contributed by atoms with Gasteiger partial charge in [0, 0.05) is 11.3 Å². The van der Waals surface area contributed by atoms with Crippen LogP contribution in [0.1, 0.15) is 19.4 Å². The lowest BCUT2D eigenvalue weighted by molar-refractivity contribution is -0.113. The summed E-state index contributed by atoms with van der Waals surface area (Å²) in [5, 5.41) is 2.89. The Morgan fingerprint density at radius 3 is 2.59 bits per heavy atom. The highest BCUT2D eigenvalue weighted by Gasteiger charge is 2.18. The molecule has 0 bridgehead atoms. The van der Waals surface area contributed by atoms with Crippen LogP contribution >= 0.6 is 0 Å². The van der Waals surface area contributed by atoms with Gasteiger partial charge < -0.3 is 10.1 Å². The third-order valence-electron chi connectivity index (χ3n) is 3.29. The summed E-state index contributed by atoms with van der Waals surface area (Å²) < 4.78 is 5.69. The van der Waals surface area contributed by atoms with Crippen molar-refractivity contribution >= 4 is 11.6 Å². The summed E-state index contributed by atoms with van der Waals surface area (Å²) >= 11 is 0. The Morgan fingerprint density at radius 2 is 2.00 bits per heavy atom. The quantitative estimate of drug-likeness (QED) is 0.903. The normalized spacial score (nSPS) is 17.9. The van der Waals surface area contributed by atoms with E-state index < -0.39 is 0 Å². The molecule has 0 saturated heterocycles. The molecule has 1 aromatic carbocycles. The Labute approximate surface area is 131 Å². The molecule has 0 fully saturated rings. The largest absolute Gasteiger partial charge is 0.488 e. The molecule has 2 rings (SSSR count). The molecule has 1 heterocycles. The van der Waals surface area contributed by atoms with Gasteiger partial charge in [-0.15, -0.1) is 0 Å². The van der Waals surface area contributed by atoms with E-state index >= 15 is 0 Å². The lowest BCUT2D eigenvalue weighted by atomic mass is 10.0. The Kier molecular flexibility index (Phi) is 4.99. The van der Waals surface area contributed by atoms with Gasteiger partial charge in [-0.3, -0.25) is 4.79 Å². The second-order valence-corrected chi connectivity index (χ2v) is 5.38. The Hall–Kier alpha value is -2.55. The number of allylic oxidation sites excluding steroid dienone is 4. The molecule has 1 aliphatic rings. The van der Waals surface area contributed by atoms with Gasteiger partial charge in [-0.25, -0.2) is 0 Å². The van der Waals surface area contributed by atoms with Crippen molar-refractivity contribution in [1.82, 2.24) is 0 Å². The third kappa shape index (κ3) is 3.98. The summed E-state index contributed by atoms with van der Waals surface area (Å²) in [4.78, 5) is 12.3. The van der Waals surface area contributed by atoms with Crippen molar-refractivity contribution in [3.63, 3.8) is 0 Å². The first-order valence-electron chi connectivity index (χ1n) is 7.25. The van der Waals surface area contributed by atoms with E-state index in [2.05, 4.69) is 11.9 Å². The molecule has 0 atom stereocenters. The standard InChI is InChI=1S/C19H21NO2/c1-5-15-11-16(12-22-18(15)10-13(2)3)19(21)20-17-8-6-14(4)7-9-17/h5-11H,2,12H2,1,3-4H3,(H,20,21)/b15-5?,18-10+. The number of aryl methyl sites for hydroxylation is 1. The average Bonchev–Trinajstić information content (AvgIpc) is 2.49. The van der Waals surface area contributed by atoms with E-state index in [9.17, 15) is 4.79 Å². The van der Waals surface area contributed by atoms with E-state index in [0.717, 1.165) is 28.2 Å². The average molecular weight is 295 g/mol. The molecule has 0 spiro atoms. The van der Waals surface area contributed by atoms with E-state index in [1.807, 2.05) is 63.3 Å². The van der Waals surface area contributed by atoms with Crippen LogP contribution in [0.15, 0.2) is 71.6 Å². The number of carbonyl (C=O) groups excluding carboxylic acids is 1. The lowest BCUT2D eigenvalue weighted by Gasteiger charge is -2.20. The molecule has 0 aliphatic carbocycles. The second-order valence-electron chi connectivity index (χ2n) is 5.38. The summed E-state index contributed by atoms with van der Waals surface area (Å²) in [5.41, 5.74) is 4.34. The first-order valence-corrected chi connectivity index (χ1v) is 7.25. The highest BCUT2D eigenvalue weighted by Crippen LogP contribution is 2.24. The lowest BCUT2D eigenvalue weighted by Crippen LogP contribution is -2.21. The fourth-order valence-corrected chi connectivity index (χ4v) is 2.09. The van der Waals surface area contributed by atoms with Gasteiger partial charge in [0.05, 0.1) is 5.57 Å². The van der Waals surface area contributed by atoms with Crippen LogP contribution < -0.4 is 5.32 Å². The van der Waals surface area contributed by atoms with Crippen LogP contribution in [0, 0.1) is 6.92 Å². The van der Waals surface area contributed by atoms with Gasteiger partial charge in [-0.2, -0.15) is 0 Å². The molecular formula is C19H21NO2. The molecular weight excluding hydrogens is 274 g/mol. The van der Waals surface area contributed by atoms with Crippen LogP contribution in [0.2, 0.25) is 0 Å². The minimum absolute atomic E-state index is 0.141. The van der Waals surface area contributed by atoms with Crippen LogP contribution in [-0.2, 0) is 9.53 Å². The topological polar surface area (TPSA) is 38.3 Å². The summed E-state index contributed by atoms with van der Waals surface area (Å²) in [6.45, 7) is 9.95. The zero-order valence-electron chi connectivity index (χ0n) is 13.3. The minimum Gasteiger partial charge on any atom is -0.488 e. The van der Waals surface area contributed by atoms with Gasteiger partial charge in [0.25, 0.3) is 5.91 Å². The molecule has 114 valence electrons. The Bertz CT molecular complexity index is 676. The number of amides is 1. The fourth-order valence-electron chi connectivity index (χ4n) is 2.09. The third-order valence-corrected chi connectivity index (χ3v) is 3.29. The Morgan fingerprint density at radius 1 is 1.32 bits per heavy atom. The van der Waals surface area contributed by atoms with E-state index in [0.29, 0.717) is 5.57 Å². The number of benzene rings is 1. The molecule has 1 aliphatic heterocycles. The summed E-state index contributed by atoms with van der Waals surface area (Å²) in [7, 11) is 0. The maximum Gasteiger partial charge on any atom is 0.255 e. The van der Waals surface area contributed by atoms with Gasteiger partial charge in [0.1, 0.15) is 12.4 Å². The number of hydrogen-bond donors (Lipinski definition) is 1. The van der Waals surface area contributed by atoms with Crippen molar-refractivity contribution in [3.05, 3.63) is 77.1 Å². The summed E-state index contributed by atoms with van der Waals surface area (Å²) in [5.74, 6) is 0.611. The fraction of sp³-hybridized carbons (Fsp3) is 0.211. The summed E-state index contributed by atoms with van der Waals surface area (Å²) in [6.07, 6.45) is 5.66. The number of nitrogens with one attached hydrogen (secondary N) is 1. The number of anilines is 1. The van der Waals surface area contributed by atoms with Crippen molar-refractivity contribution < 1.29 is 9.53 Å². The van der Waals surface area contributed by atoms with Crippen LogP contribution in [-0.4, -0.2) is 12.5 Å². The highest BCUT2D eigenvalue weighted by molar-refractivity contribution is 6.04. The van der Waals surface area contributed by atoms with Gasteiger partial charge in [-0.1, -0.05) is 35.9 Å². The van der Waals surface area contributed by atoms with Crippen molar-refractivity contribution in [2.45, 2.75) is 20.8 Å². The molecule has 22 heavy (non-hydrogen) atoms. The molecule has 1 amide bonds. The molecule has 0 saturated carbocycles. The van der Waals surface area contributed by atoms with Crippen LogP contribution in [0.5, 0.6) is 0 Å². The molecule has 1 N–H and O–H groups in total. The van der Waals surface area contributed by atoms with E-state index in [4.69, 9.17) is 4.74 Å². The van der Waals surface area contributed by atoms with Crippen molar-refractivity contribution in [2.75, 3.05) is 11.9 Å². The predicted octanol–water partition coefficient (Wildman–Crippen LogP) is 4.30. The molecule has 0 radical (unpaired) electrons. The smallest absolute Gasteiger partial charge is 0.255 e. The van der Waals surface area contributed by atoms with E-state index in [1.54, 1.807) is 0 Å². The zero-order valence-corrected chi connectivity index (χ0v) is 13.3. The van der Waals surface area contributed by atoms with Crippen LogP contribution in [0.4, 0.5) is 5.69 Å². The molecule has 0 unspecified atom stereocenters. The maximum absolute atomic E-state index is 12.3. The van der Waals surface area contributed by atoms with Crippen molar-refractivity contribution in [2.24, 2.45) is 0 Å². The number of carbonyl (C=O) groups is 1. The van der Waals surface area contributed by atoms with Gasteiger partial charge in [0.2, 0.25) is 0 Å². The molecule has 0 aromatic heterocycles. The minimum atomic E-state index is -0.141. The molecule has 3 nitrogen and oxygen atoms in total. The highest BCUT2D eigenvalue weighted by atomic mass is 16.5. The SMILES string of the molecule is C=C(C)/C=C1/OCC(C(=O)Nc2ccc(C)cc2)=CC1=CC. The van der Waals surface area contributed by atoms with Crippen LogP contribution in [0.25, 0.3) is 0 Å². The number of ether oxygens (including phenoxy) is 1. The van der Waals surface area contributed by atoms with Gasteiger partial charge in [0.15, 0.2) is 0 Å². The first kappa shape index (κ1) is 15.8. The van der Waals surface area contributed by atoms with Crippen molar-refractivity contribution in [3.8, 4) is 0 Å². The zero-order chi connectivity index (χ0) is 16.1.